The number of ether oxygens (including phenoxy) is 1. The Morgan fingerprint density at radius 1 is 1.04 bits per heavy atom. The van der Waals surface area contributed by atoms with Crippen LogP contribution in [0.3, 0.4) is 0 Å². The van der Waals surface area contributed by atoms with Gasteiger partial charge >= 0.3 is 18.0 Å². The Morgan fingerprint density at radius 3 is 2.45 bits per heavy atom. The second-order valence-corrected chi connectivity index (χ2v) is 11.6. The van der Waals surface area contributed by atoms with Gasteiger partial charge in [-0.1, -0.05) is 22.5 Å². The summed E-state index contributed by atoms with van der Waals surface area (Å²) in [6.45, 7) is 4.90. The van der Waals surface area contributed by atoms with Crippen LogP contribution in [0.25, 0.3) is 10.9 Å². The van der Waals surface area contributed by atoms with E-state index in [-0.39, 0.29) is 61.6 Å². The van der Waals surface area contributed by atoms with E-state index in [0.717, 1.165) is 4.90 Å². The average Bonchev–Trinajstić information content (AvgIpc) is 3.08. The molecule has 2 atom stereocenters. The van der Waals surface area contributed by atoms with Crippen molar-refractivity contribution in [2.45, 2.75) is 57.5 Å². The molecule has 0 bridgehead atoms. The number of primary amides is 1. The van der Waals surface area contributed by atoms with Crippen molar-refractivity contribution in [1.82, 2.24) is 25.8 Å². The fourth-order valence-corrected chi connectivity index (χ4v) is 4.62. The largest absolute Gasteiger partial charge is 0.480 e. The lowest BCUT2D eigenvalue weighted by molar-refractivity contribution is -0.141. The first-order valence-corrected chi connectivity index (χ1v) is 16.6. The molecule has 0 saturated heterocycles. The summed E-state index contributed by atoms with van der Waals surface area (Å²) in [5.74, 6) is -3.85. The Morgan fingerprint density at radius 2 is 1.78 bits per heavy atom. The fourth-order valence-electron chi connectivity index (χ4n) is 4.39. The fraction of sp³-hybridized carbons (Fsp3) is 0.438. The van der Waals surface area contributed by atoms with E-state index in [1.165, 1.54) is 32.3 Å². The van der Waals surface area contributed by atoms with Crippen molar-refractivity contribution in [2.24, 2.45) is 5.73 Å². The van der Waals surface area contributed by atoms with Crippen LogP contribution in [0, 0.1) is 0 Å². The van der Waals surface area contributed by atoms with Gasteiger partial charge < -0.3 is 41.7 Å². The van der Waals surface area contributed by atoms with E-state index in [1.54, 1.807) is 12.1 Å². The second-order valence-electron chi connectivity index (χ2n) is 11.0. The zero-order valence-electron chi connectivity index (χ0n) is 27.4. The zero-order valence-corrected chi connectivity index (χ0v) is 29.0. The molecule has 0 spiro atoms. The number of pyridine rings is 1. The van der Waals surface area contributed by atoms with Gasteiger partial charge in [0.2, 0.25) is 17.7 Å². The third-order valence-corrected chi connectivity index (χ3v) is 7.99. The van der Waals surface area contributed by atoms with Crippen LogP contribution in [0.2, 0.25) is 0 Å². The predicted octanol–water partition coefficient (Wildman–Crippen LogP) is 1.82. The van der Waals surface area contributed by atoms with Gasteiger partial charge in [-0.2, -0.15) is 0 Å². The van der Waals surface area contributed by atoms with Gasteiger partial charge in [0.15, 0.2) is 0 Å². The van der Waals surface area contributed by atoms with Gasteiger partial charge in [0.05, 0.1) is 29.9 Å². The minimum Gasteiger partial charge on any atom is -0.480 e. The number of alkyl halides is 1. The predicted molar refractivity (Wildman–Crippen MR) is 184 cm³/mol. The third-order valence-electron chi connectivity index (χ3n) is 7.31. The molecule has 7 N–H and O–H groups in total. The molecule has 1 unspecified atom stereocenters. The Hall–Kier alpha value is -5.06. The highest BCUT2D eigenvalue weighted by molar-refractivity contribution is 9.09. The number of aromatic nitrogens is 1. The number of carboxylic acid groups (broad SMARTS) is 1. The van der Waals surface area contributed by atoms with Crippen LogP contribution < -0.4 is 27.0 Å². The first-order chi connectivity index (χ1) is 23.3. The van der Waals surface area contributed by atoms with Crippen LogP contribution in [0.4, 0.5) is 10.5 Å². The van der Waals surface area contributed by atoms with Crippen LogP contribution in [0.5, 0.6) is 0 Å². The Balaban J connectivity index is 2.04. The van der Waals surface area contributed by atoms with E-state index in [9.17, 15) is 38.7 Å². The number of hydrogen-bond donors (Lipinski definition) is 6. The van der Waals surface area contributed by atoms with Crippen LogP contribution in [0.1, 0.15) is 55.8 Å². The molecule has 49 heavy (non-hydrogen) atoms. The van der Waals surface area contributed by atoms with Crippen LogP contribution in [0.15, 0.2) is 42.6 Å². The molecule has 0 fully saturated rings. The number of nitrogens with zero attached hydrogens (tertiary/aromatic N) is 2. The molecule has 17 heteroatoms. The van der Waals surface area contributed by atoms with Gasteiger partial charge in [-0.25, -0.2) is 14.4 Å². The molecule has 0 aliphatic rings. The number of amides is 6. The summed E-state index contributed by atoms with van der Waals surface area (Å²) in [7, 11) is 1.36. The van der Waals surface area contributed by atoms with Crippen molar-refractivity contribution in [3.63, 3.8) is 0 Å². The van der Waals surface area contributed by atoms with Crippen molar-refractivity contribution in [3.05, 3.63) is 48.2 Å². The third kappa shape index (κ3) is 13.2. The number of unbranched alkanes of at least 4 members (excludes halogenated alkanes) is 2. The molecule has 0 aliphatic heterocycles. The molecule has 0 radical (unpaired) electrons. The number of likely N-dealkylation sites (N-methyl/N-ethyl adjacent to an activating group) is 1. The normalized spacial score (nSPS) is 11.8. The molecule has 0 saturated carbocycles. The number of carbonyl (C=O) groups is 7. The Labute approximate surface area is 291 Å². The number of fused-ring (bicyclic) bond motifs is 1. The number of benzene rings is 1. The number of halogens is 1. The maximum absolute atomic E-state index is 13.4. The molecular weight excluding hydrogens is 706 g/mol. The molecule has 2 aromatic rings. The van der Waals surface area contributed by atoms with Gasteiger partial charge in [0, 0.05) is 42.5 Å². The lowest BCUT2D eigenvalue weighted by Crippen LogP contribution is -2.47. The quantitative estimate of drug-likeness (QED) is 0.0497. The van der Waals surface area contributed by atoms with Gasteiger partial charge in [-0.15, -0.1) is 0 Å². The van der Waals surface area contributed by atoms with Crippen molar-refractivity contribution in [2.75, 3.05) is 37.4 Å². The van der Waals surface area contributed by atoms with E-state index < -0.39 is 47.8 Å². The molecule has 6 amide bonds. The van der Waals surface area contributed by atoms with Gasteiger partial charge in [-0.05, 0) is 63.3 Å². The minimum atomic E-state index is -1.18. The summed E-state index contributed by atoms with van der Waals surface area (Å²) in [6, 6.07) is 3.20. The molecule has 266 valence electrons. The minimum absolute atomic E-state index is 0.101. The van der Waals surface area contributed by atoms with Crippen LogP contribution >= 0.6 is 15.9 Å². The maximum atomic E-state index is 13.4. The summed E-state index contributed by atoms with van der Waals surface area (Å²) in [5.41, 5.74) is 6.06. The van der Waals surface area contributed by atoms with Crippen molar-refractivity contribution >= 4 is 74.1 Å². The van der Waals surface area contributed by atoms with Crippen molar-refractivity contribution in [3.8, 4) is 0 Å². The van der Waals surface area contributed by atoms with Gasteiger partial charge in [0.25, 0.3) is 5.91 Å². The number of hydrogen-bond acceptors (Lipinski definition) is 9. The first-order valence-electron chi connectivity index (χ1n) is 15.5. The molecule has 1 aromatic carbocycles. The van der Waals surface area contributed by atoms with E-state index in [1.807, 2.05) is 0 Å². The Kier molecular flexibility index (Phi) is 16.7. The summed E-state index contributed by atoms with van der Waals surface area (Å²) in [4.78, 5) is 91.1. The highest BCUT2D eigenvalue weighted by atomic mass is 79.9. The topological polar surface area (TPSA) is 239 Å². The number of carbonyl (C=O) groups excluding carboxylic acids is 6. The second kappa shape index (κ2) is 20.3. The summed E-state index contributed by atoms with van der Waals surface area (Å²) < 4.78 is 5.06. The maximum Gasteiger partial charge on any atom is 0.334 e. The van der Waals surface area contributed by atoms with E-state index >= 15 is 0 Å². The molecule has 1 aromatic heterocycles. The molecule has 16 nitrogen and oxygen atoms in total. The molecule has 0 aliphatic carbocycles. The summed E-state index contributed by atoms with van der Waals surface area (Å²) >= 11 is 3.13. The zero-order chi connectivity index (χ0) is 36.5. The summed E-state index contributed by atoms with van der Waals surface area (Å²) in [6.07, 6.45) is 3.65. The number of rotatable bonds is 20. The standard InChI is InChI=1S/C32H42BrN7O9/c1-19(17-33)31(47)49-16-6-4-5-11-25(41)37-18-26(42)38-24(10-8-15-36-32(34)48)28(43)39-23-13-12-22(27-21(23)9-7-14-35-27)29(44)40(3)20(2)30(45)46/h7,9,12-14,20,24H,1,4-6,8,10-11,15-18H2,2-3H3,(H,37,41)(H,38,42)(H,39,43)(H,45,46)(H3,34,36,48)/t20-,24?/m0/s1. The SMILES string of the molecule is C=C(CBr)C(=O)OCCCCCC(=O)NCC(=O)NC(CCCNC(N)=O)C(=O)Nc1ccc(C(=O)N(C)[C@@H](C)C(=O)O)c2ncccc12. The van der Waals surface area contributed by atoms with Crippen molar-refractivity contribution in [1.29, 1.82) is 0 Å². The number of aliphatic carboxylic acids is 1. The lowest BCUT2D eigenvalue weighted by atomic mass is 10.0. The number of anilines is 1. The van der Waals surface area contributed by atoms with E-state index in [2.05, 4.69) is 48.8 Å². The first kappa shape index (κ1) is 40.1. The van der Waals surface area contributed by atoms with Crippen LogP contribution in [-0.4, -0.2) is 101 Å². The molecular formula is C32H42BrN7O9. The van der Waals surface area contributed by atoms with E-state index in [0.29, 0.717) is 35.6 Å². The highest BCUT2D eigenvalue weighted by Gasteiger charge is 2.26. The molecule has 2 rings (SSSR count). The smallest absolute Gasteiger partial charge is 0.334 e. The van der Waals surface area contributed by atoms with E-state index in [4.69, 9.17) is 10.5 Å². The monoisotopic (exact) mass is 747 g/mol. The number of urea groups is 1. The summed E-state index contributed by atoms with van der Waals surface area (Å²) in [5, 5.41) is 20.3. The number of esters is 1. The van der Waals surface area contributed by atoms with Gasteiger partial charge in [-0.3, -0.25) is 24.2 Å². The number of carboxylic acids is 1. The lowest BCUT2D eigenvalue weighted by Gasteiger charge is -2.23. The van der Waals surface area contributed by atoms with Gasteiger partial charge in [0.1, 0.15) is 12.1 Å². The molecule has 1 heterocycles. The number of nitrogens with two attached hydrogens (primary N) is 1. The Bertz CT molecular complexity index is 1550. The van der Waals surface area contributed by atoms with Crippen molar-refractivity contribution < 1.29 is 43.4 Å². The number of nitrogens with one attached hydrogen (secondary N) is 4. The average molecular weight is 749 g/mol. The van der Waals surface area contributed by atoms with Crippen LogP contribution in [-0.2, 0) is 28.7 Å². The highest BCUT2D eigenvalue weighted by Crippen LogP contribution is 2.26.